The summed E-state index contributed by atoms with van der Waals surface area (Å²) in [6.45, 7) is 0.112. The fourth-order valence-corrected chi connectivity index (χ4v) is 4.36. The van der Waals surface area contributed by atoms with Crippen LogP contribution in [0.25, 0.3) is 22.2 Å². The highest BCUT2D eigenvalue weighted by Gasteiger charge is 2.25. The molecule has 0 amide bonds. The Bertz CT molecular complexity index is 1310. The second kappa shape index (κ2) is 8.72. The molecule has 2 nitrogen and oxygen atoms in total. The number of rotatable bonds is 5. The van der Waals surface area contributed by atoms with Gasteiger partial charge >= 0.3 is 0 Å². The molecule has 0 unspecified atom stereocenters. The molecule has 1 aromatic heterocycles. The minimum atomic E-state index is 0.112. The number of fused-ring (bicyclic) bond motifs is 1. The van der Waals surface area contributed by atoms with Gasteiger partial charge < -0.3 is 4.90 Å². The van der Waals surface area contributed by atoms with E-state index in [0.717, 1.165) is 16.6 Å². The van der Waals surface area contributed by atoms with Crippen LogP contribution in [-0.2, 0) is 0 Å². The van der Waals surface area contributed by atoms with Gasteiger partial charge in [0.05, 0.1) is 11.2 Å². The normalized spacial score (nSPS) is 10.8. The van der Waals surface area contributed by atoms with Gasteiger partial charge in [0.1, 0.15) is 0 Å². The van der Waals surface area contributed by atoms with Crippen LogP contribution in [0, 0.1) is 0 Å². The van der Waals surface area contributed by atoms with Crippen molar-refractivity contribution in [2.24, 2.45) is 0 Å². The van der Waals surface area contributed by atoms with Crippen LogP contribution in [0.15, 0.2) is 115 Å². The molecule has 0 aliphatic carbocycles. The van der Waals surface area contributed by atoms with Crippen LogP contribution in [0.3, 0.4) is 0 Å². The third-order valence-electron chi connectivity index (χ3n) is 6.00. The van der Waals surface area contributed by atoms with Gasteiger partial charge in [-0.1, -0.05) is 107 Å². The lowest BCUT2D eigenvalue weighted by Crippen LogP contribution is -2.52. The lowest BCUT2D eigenvalue weighted by atomic mass is 9.36. The lowest BCUT2D eigenvalue weighted by Gasteiger charge is -2.22. The Kier molecular flexibility index (Phi) is 5.47. The van der Waals surface area contributed by atoms with E-state index in [2.05, 4.69) is 128 Å². The monoisotopic (exact) mass is 412 g/mol. The van der Waals surface area contributed by atoms with E-state index in [9.17, 15) is 0 Å². The number of aromatic nitrogens is 1. The molecule has 0 bridgehead atoms. The first kappa shape index (κ1) is 20.1. The van der Waals surface area contributed by atoms with Crippen LogP contribution >= 0.6 is 0 Å². The topological polar surface area (TPSA) is 16.1 Å². The maximum Gasteiger partial charge on any atom is 0.242 e. The minimum Gasteiger partial charge on any atom is -0.378 e. The van der Waals surface area contributed by atoms with E-state index in [1.165, 1.54) is 27.6 Å². The van der Waals surface area contributed by atoms with Gasteiger partial charge in [-0.05, 0) is 29.8 Å². The van der Waals surface area contributed by atoms with Crippen molar-refractivity contribution < 1.29 is 0 Å². The van der Waals surface area contributed by atoms with Crippen LogP contribution in [0.2, 0.25) is 0 Å². The number of anilines is 1. The van der Waals surface area contributed by atoms with Crippen LogP contribution in [0.4, 0.5) is 5.69 Å². The third kappa shape index (κ3) is 3.90. The van der Waals surface area contributed by atoms with Crippen LogP contribution in [0.5, 0.6) is 0 Å². The number of hydrogen-bond donors (Lipinski definition) is 0. The number of pyridine rings is 1. The SMILES string of the molecule is CN(C)c1ccc(-c2ccc3ccccc3n2)c(B(c2ccccc2)c2ccccc2)c1. The van der Waals surface area contributed by atoms with Crippen molar-refractivity contribution in [1.29, 1.82) is 0 Å². The summed E-state index contributed by atoms with van der Waals surface area (Å²) in [7, 11) is 4.18. The summed E-state index contributed by atoms with van der Waals surface area (Å²) in [6.07, 6.45) is 0. The molecule has 0 saturated heterocycles. The fourth-order valence-electron chi connectivity index (χ4n) is 4.36. The first-order valence-corrected chi connectivity index (χ1v) is 11.0. The van der Waals surface area contributed by atoms with Crippen molar-refractivity contribution >= 4 is 39.7 Å². The molecule has 0 N–H and O–H groups in total. The van der Waals surface area contributed by atoms with Crippen molar-refractivity contribution in [3.05, 3.63) is 115 Å². The van der Waals surface area contributed by atoms with Gasteiger partial charge in [0.15, 0.2) is 0 Å². The highest BCUT2D eigenvalue weighted by molar-refractivity contribution is 6.96. The zero-order valence-electron chi connectivity index (χ0n) is 18.4. The number of nitrogens with zero attached hydrogens (tertiary/aromatic N) is 2. The van der Waals surface area contributed by atoms with E-state index < -0.39 is 0 Å². The average Bonchev–Trinajstić information content (AvgIpc) is 2.85. The molecule has 0 aliphatic rings. The molecule has 0 spiro atoms. The molecule has 32 heavy (non-hydrogen) atoms. The van der Waals surface area contributed by atoms with Gasteiger partial charge in [-0.2, -0.15) is 0 Å². The van der Waals surface area contributed by atoms with Gasteiger partial charge in [0, 0.05) is 25.2 Å². The molecule has 0 radical (unpaired) electrons. The summed E-state index contributed by atoms with van der Waals surface area (Å²) in [5.74, 6) is 0. The Morgan fingerprint density at radius 1 is 0.625 bits per heavy atom. The molecule has 0 atom stereocenters. The van der Waals surface area contributed by atoms with Gasteiger partial charge in [0.25, 0.3) is 0 Å². The van der Waals surface area contributed by atoms with E-state index in [4.69, 9.17) is 4.98 Å². The van der Waals surface area contributed by atoms with Gasteiger partial charge in [0.2, 0.25) is 6.71 Å². The molecular formula is C29H25BN2. The molecule has 5 rings (SSSR count). The maximum atomic E-state index is 5.04. The van der Waals surface area contributed by atoms with Gasteiger partial charge in [-0.3, -0.25) is 0 Å². The summed E-state index contributed by atoms with van der Waals surface area (Å²) in [5, 5.41) is 1.16. The fraction of sp³-hybridized carbons (Fsp3) is 0.0690. The van der Waals surface area contributed by atoms with Crippen LogP contribution in [-0.4, -0.2) is 25.8 Å². The van der Waals surface area contributed by atoms with Crippen molar-refractivity contribution in [2.45, 2.75) is 0 Å². The summed E-state index contributed by atoms with van der Waals surface area (Å²) >= 11 is 0. The molecule has 3 heteroatoms. The number of para-hydroxylation sites is 1. The van der Waals surface area contributed by atoms with Crippen molar-refractivity contribution in [1.82, 2.24) is 4.98 Å². The smallest absolute Gasteiger partial charge is 0.242 e. The Hall–Kier alpha value is -3.85. The zero-order chi connectivity index (χ0) is 21.9. The minimum absolute atomic E-state index is 0.112. The van der Waals surface area contributed by atoms with Crippen LogP contribution < -0.4 is 21.3 Å². The van der Waals surface area contributed by atoms with E-state index >= 15 is 0 Å². The molecule has 4 aromatic carbocycles. The summed E-state index contributed by atoms with van der Waals surface area (Å²) in [6, 6.07) is 40.8. The maximum absolute atomic E-state index is 5.04. The zero-order valence-corrected chi connectivity index (χ0v) is 18.4. The Morgan fingerprint density at radius 3 is 1.91 bits per heavy atom. The Balaban J connectivity index is 1.77. The molecule has 0 saturated carbocycles. The van der Waals surface area contributed by atoms with Gasteiger partial charge in [-0.15, -0.1) is 0 Å². The molecule has 0 fully saturated rings. The lowest BCUT2D eigenvalue weighted by molar-refractivity contribution is 1.13. The van der Waals surface area contributed by atoms with E-state index in [-0.39, 0.29) is 6.71 Å². The quantitative estimate of drug-likeness (QED) is 0.396. The van der Waals surface area contributed by atoms with Crippen molar-refractivity contribution in [2.75, 3.05) is 19.0 Å². The highest BCUT2D eigenvalue weighted by Crippen LogP contribution is 2.23. The summed E-state index contributed by atoms with van der Waals surface area (Å²) < 4.78 is 0. The van der Waals surface area contributed by atoms with E-state index in [1.54, 1.807) is 0 Å². The molecule has 154 valence electrons. The first-order valence-electron chi connectivity index (χ1n) is 11.0. The van der Waals surface area contributed by atoms with E-state index in [1.807, 2.05) is 6.07 Å². The average molecular weight is 412 g/mol. The predicted molar refractivity (Wildman–Crippen MR) is 139 cm³/mol. The molecule has 0 aliphatic heterocycles. The highest BCUT2D eigenvalue weighted by atomic mass is 15.1. The summed E-state index contributed by atoms with van der Waals surface area (Å²) in [5.41, 5.74) is 8.18. The Morgan fingerprint density at radius 2 is 1.25 bits per heavy atom. The Labute approximate surface area is 190 Å². The third-order valence-corrected chi connectivity index (χ3v) is 6.00. The molecule has 5 aromatic rings. The van der Waals surface area contributed by atoms with Crippen molar-refractivity contribution in [3.8, 4) is 11.3 Å². The second-order valence-corrected chi connectivity index (χ2v) is 8.31. The van der Waals surface area contributed by atoms with E-state index in [0.29, 0.717) is 0 Å². The standard InChI is InChI=1S/C29H25BN2/c1-32(2)25-18-19-26(29-20-17-22-11-9-10-16-28(22)31-29)27(21-25)30(23-12-5-3-6-13-23)24-14-7-4-8-15-24/h3-21H,1-2H3. The predicted octanol–water partition coefficient (Wildman–Crippen LogP) is 4.48. The van der Waals surface area contributed by atoms with Gasteiger partial charge in [-0.25, -0.2) is 4.98 Å². The molecular weight excluding hydrogens is 387 g/mol. The summed E-state index contributed by atoms with van der Waals surface area (Å²) in [4.78, 5) is 7.20. The second-order valence-electron chi connectivity index (χ2n) is 8.31. The number of benzene rings is 4. The van der Waals surface area contributed by atoms with Crippen LogP contribution in [0.1, 0.15) is 0 Å². The van der Waals surface area contributed by atoms with Crippen molar-refractivity contribution in [3.63, 3.8) is 0 Å². The number of hydrogen-bond acceptors (Lipinski definition) is 2. The largest absolute Gasteiger partial charge is 0.378 e. The first-order chi connectivity index (χ1) is 15.7. The molecule has 1 heterocycles.